The van der Waals surface area contributed by atoms with E-state index in [-0.39, 0.29) is 5.56 Å². The molecule has 0 aliphatic heterocycles. The molecule has 1 atom stereocenters. The number of hydrogen-bond donors (Lipinski definition) is 0. The highest BCUT2D eigenvalue weighted by Gasteiger charge is 2.23. The van der Waals surface area contributed by atoms with Crippen molar-refractivity contribution in [3.05, 3.63) is 33.4 Å². The summed E-state index contributed by atoms with van der Waals surface area (Å²) in [7, 11) is 0. The molecule has 2 aromatic rings. The predicted octanol–water partition coefficient (Wildman–Crippen LogP) is 2.16. The summed E-state index contributed by atoms with van der Waals surface area (Å²) in [6.45, 7) is 6.32. The Morgan fingerprint density at radius 3 is 3.22 bits per heavy atom. The van der Waals surface area contributed by atoms with E-state index in [1.165, 1.54) is 15.1 Å². The molecule has 2 aromatic heterocycles. The third-order valence-electron chi connectivity index (χ3n) is 3.49. The lowest BCUT2D eigenvalue weighted by atomic mass is 9.89. The first-order valence-electron chi connectivity index (χ1n) is 6.19. The lowest BCUT2D eigenvalue weighted by Crippen LogP contribution is -2.24. The van der Waals surface area contributed by atoms with Gasteiger partial charge in [0.2, 0.25) is 0 Å². The van der Waals surface area contributed by atoms with Crippen LogP contribution in [0.15, 0.2) is 17.4 Å². The average Bonchev–Trinajstić information content (AvgIpc) is 2.71. The number of aryl methyl sites for hydroxylation is 1. The van der Waals surface area contributed by atoms with Gasteiger partial charge in [0.25, 0.3) is 5.56 Å². The fraction of sp³-hybridized carbons (Fsp3) is 0.462. The van der Waals surface area contributed by atoms with Crippen LogP contribution >= 0.6 is 11.3 Å². The summed E-state index contributed by atoms with van der Waals surface area (Å²) in [6, 6.07) is 0. The van der Waals surface area contributed by atoms with Gasteiger partial charge in [-0.15, -0.1) is 23.0 Å². The number of allylic oxidation sites excluding steroid dienone is 1. The molecule has 1 aliphatic carbocycles. The van der Waals surface area contributed by atoms with E-state index in [1.807, 2.05) is 0 Å². The molecule has 0 radical (unpaired) electrons. The van der Waals surface area contributed by atoms with Gasteiger partial charge in [-0.1, -0.05) is 18.2 Å². The molecule has 4 nitrogen and oxygen atoms in total. The molecule has 1 aliphatic rings. The molecule has 0 aromatic carbocycles. The number of rotatable bonds is 2. The van der Waals surface area contributed by atoms with Gasteiger partial charge in [-0.25, -0.2) is 4.68 Å². The quantitative estimate of drug-likeness (QED) is 0.778. The van der Waals surface area contributed by atoms with E-state index in [4.69, 9.17) is 0 Å². The SMILES string of the molecule is C=CCn1nnc2sc3c(c2c1=O)CC[C@@H](C)C3. The van der Waals surface area contributed by atoms with Gasteiger partial charge >= 0.3 is 0 Å². The molecule has 2 heterocycles. The van der Waals surface area contributed by atoms with Crippen LogP contribution < -0.4 is 5.56 Å². The topological polar surface area (TPSA) is 47.8 Å². The van der Waals surface area contributed by atoms with Gasteiger partial charge in [0.05, 0.1) is 11.9 Å². The molecule has 0 bridgehead atoms. The van der Waals surface area contributed by atoms with Gasteiger partial charge in [0.15, 0.2) is 4.83 Å². The number of nitrogens with zero attached hydrogens (tertiary/aromatic N) is 3. The van der Waals surface area contributed by atoms with E-state index in [1.54, 1.807) is 17.4 Å². The smallest absolute Gasteiger partial charge is 0.267 e. The number of hydrogen-bond acceptors (Lipinski definition) is 4. The molecule has 5 heteroatoms. The first kappa shape index (κ1) is 11.6. The first-order valence-corrected chi connectivity index (χ1v) is 7.01. The van der Waals surface area contributed by atoms with Crippen LogP contribution in [0.3, 0.4) is 0 Å². The Kier molecular flexibility index (Phi) is 2.78. The van der Waals surface area contributed by atoms with E-state index < -0.39 is 0 Å². The minimum Gasteiger partial charge on any atom is -0.267 e. The lowest BCUT2D eigenvalue weighted by molar-refractivity contribution is 0.508. The molecule has 0 saturated carbocycles. The summed E-state index contributed by atoms with van der Waals surface area (Å²) in [4.78, 5) is 14.5. The highest BCUT2D eigenvalue weighted by atomic mass is 32.1. The molecular weight excluding hydrogens is 246 g/mol. The fourth-order valence-electron chi connectivity index (χ4n) is 2.53. The minimum absolute atomic E-state index is 0.0213. The molecule has 0 N–H and O–H groups in total. The predicted molar refractivity (Wildman–Crippen MR) is 73.1 cm³/mol. The van der Waals surface area contributed by atoms with E-state index in [0.717, 1.165) is 29.5 Å². The second-order valence-electron chi connectivity index (χ2n) is 4.90. The van der Waals surface area contributed by atoms with Crippen LogP contribution in [0, 0.1) is 5.92 Å². The van der Waals surface area contributed by atoms with Crippen molar-refractivity contribution in [1.29, 1.82) is 0 Å². The van der Waals surface area contributed by atoms with Gasteiger partial charge in [-0.05, 0) is 30.7 Å². The summed E-state index contributed by atoms with van der Waals surface area (Å²) in [5, 5.41) is 8.92. The van der Waals surface area contributed by atoms with Crippen LogP contribution in [0.5, 0.6) is 0 Å². The molecule has 94 valence electrons. The third kappa shape index (κ3) is 1.70. The molecule has 0 unspecified atom stereocenters. The van der Waals surface area contributed by atoms with Crippen molar-refractivity contribution in [2.24, 2.45) is 5.92 Å². The van der Waals surface area contributed by atoms with Gasteiger partial charge in [-0.2, -0.15) is 0 Å². The van der Waals surface area contributed by atoms with Crippen molar-refractivity contribution < 1.29 is 0 Å². The monoisotopic (exact) mass is 261 g/mol. The standard InChI is InChI=1S/C13H15N3OS/c1-3-6-16-13(17)11-9-5-4-8(2)7-10(9)18-12(11)14-15-16/h3,8H,1,4-7H2,2H3/t8-/m1/s1. The zero-order valence-electron chi connectivity index (χ0n) is 10.3. The maximum absolute atomic E-state index is 12.4. The summed E-state index contributed by atoms with van der Waals surface area (Å²) in [6.07, 6.45) is 4.88. The van der Waals surface area contributed by atoms with Crippen LogP contribution in [-0.4, -0.2) is 15.0 Å². The maximum atomic E-state index is 12.4. The maximum Gasteiger partial charge on any atom is 0.279 e. The van der Waals surface area contributed by atoms with Gasteiger partial charge in [0.1, 0.15) is 0 Å². The van der Waals surface area contributed by atoms with Crippen molar-refractivity contribution in [3.8, 4) is 0 Å². The summed E-state index contributed by atoms with van der Waals surface area (Å²) in [5.41, 5.74) is 1.19. The third-order valence-corrected chi connectivity index (χ3v) is 4.63. The zero-order chi connectivity index (χ0) is 12.7. The second kappa shape index (κ2) is 4.31. The fourth-order valence-corrected chi connectivity index (χ4v) is 3.85. The molecule has 0 amide bonds. The molecule has 18 heavy (non-hydrogen) atoms. The lowest BCUT2D eigenvalue weighted by Gasteiger charge is -2.17. The average molecular weight is 261 g/mol. The zero-order valence-corrected chi connectivity index (χ0v) is 11.2. The van der Waals surface area contributed by atoms with E-state index in [0.29, 0.717) is 12.5 Å². The van der Waals surface area contributed by atoms with Crippen LogP contribution in [0.2, 0.25) is 0 Å². The first-order chi connectivity index (χ1) is 8.70. The van der Waals surface area contributed by atoms with E-state index >= 15 is 0 Å². The van der Waals surface area contributed by atoms with Crippen LogP contribution in [0.25, 0.3) is 10.2 Å². The Bertz CT molecular complexity index is 671. The van der Waals surface area contributed by atoms with Crippen molar-refractivity contribution >= 4 is 21.6 Å². The molecule has 0 spiro atoms. The summed E-state index contributed by atoms with van der Waals surface area (Å²) >= 11 is 1.63. The normalized spacial score (nSPS) is 18.8. The van der Waals surface area contributed by atoms with Crippen molar-refractivity contribution in [3.63, 3.8) is 0 Å². The van der Waals surface area contributed by atoms with Crippen LogP contribution in [0.4, 0.5) is 0 Å². The Labute approximate surface area is 109 Å². The number of aromatic nitrogens is 3. The van der Waals surface area contributed by atoms with Crippen LogP contribution in [0.1, 0.15) is 23.8 Å². The highest BCUT2D eigenvalue weighted by molar-refractivity contribution is 7.18. The molecular formula is C13H15N3OS. The molecule has 3 rings (SSSR count). The van der Waals surface area contributed by atoms with Crippen LogP contribution in [-0.2, 0) is 19.4 Å². The minimum atomic E-state index is -0.0213. The van der Waals surface area contributed by atoms with E-state index in [9.17, 15) is 4.79 Å². The van der Waals surface area contributed by atoms with Gasteiger partial charge in [-0.3, -0.25) is 4.79 Å². The summed E-state index contributed by atoms with van der Waals surface area (Å²) < 4.78 is 1.39. The van der Waals surface area contributed by atoms with Crippen molar-refractivity contribution in [2.75, 3.05) is 0 Å². The van der Waals surface area contributed by atoms with E-state index in [2.05, 4.69) is 23.8 Å². The Balaban J connectivity index is 2.25. The van der Waals surface area contributed by atoms with Gasteiger partial charge < -0.3 is 0 Å². The second-order valence-corrected chi connectivity index (χ2v) is 5.98. The Morgan fingerprint density at radius 1 is 1.61 bits per heavy atom. The number of fused-ring (bicyclic) bond motifs is 3. The number of thiophene rings is 1. The highest BCUT2D eigenvalue weighted by Crippen LogP contribution is 2.35. The Morgan fingerprint density at radius 2 is 2.44 bits per heavy atom. The molecule has 0 saturated heterocycles. The van der Waals surface area contributed by atoms with Crippen molar-refractivity contribution in [2.45, 2.75) is 32.7 Å². The van der Waals surface area contributed by atoms with Crippen molar-refractivity contribution in [1.82, 2.24) is 15.0 Å². The molecule has 0 fully saturated rings. The summed E-state index contributed by atoms with van der Waals surface area (Å²) in [5.74, 6) is 0.703. The van der Waals surface area contributed by atoms with Gasteiger partial charge in [0, 0.05) is 4.88 Å². The largest absolute Gasteiger partial charge is 0.279 e. The Hall–Kier alpha value is -1.49.